The van der Waals surface area contributed by atoms with Crippen LogP contribution >= 0.6 is 0 Å². The fourth-order valence-electron chi connectivity index (χ4n) is 3.53. The minimum Gasteiger partial charge on any atom is -0.394 e. The van der Waals surface area contributed by atoms with E-state index in [0.29, 0.717) is 17.3 Å². The first-order valence-electron chi connectivity index (χ1n) is 9.82. The predicted molar refractivity (Wildman–Crippen MR) is 108 cm³/mol. The van der Waals surface area contributed by atoms with E-state index in [1.54, 1.807) is 12.3 Å². The van der Waals surface area contributed by atoms with Crippen LogP contribution in [0.4, 0.5) is 5.82 Å². The van der Waals surface area contributed by atoms with Gasteiger partial charge in [-0.3, -0.25) is 4.79 Å². The number of rotatable bonds is 7. The maximum absolute atomic E-state index is 12.7. The second-order valence-corrected chi connectivity index (χ2v) is 7.42. The van der Waals surface area contributed by atoms with Gasteiger partial charge in [0.2, 0.25) is 0 Å². The highest BCUT2D eigenvalue weighted by molar-refractivity contribution is 5.94. The Bertz CT molecular complexity index is 710. The smallest absolute Gasteiger partial charge is 0.255 e. The van der Waals surface area contributed by atoms with E-state index in [1.807, 2.05) is 17.9 Å². The minimum atomic E-state index is -0.0611. The quantitative estimate of drug-likeness (QED) is 0.788. The van der Waals surface area contributed by atoms with Crippen molar-refractivity contribution in [3.05, 3.63) is 59.8 Å². The number of hydrogen-bond acceptors (Lipinski definition) is 4. The van der Waals surface area contributed by atoms with Gasteiger partial charge in [-0.05, 0) is 56.2 Å². The number of likely N-dealkylation sites (tertiary alicyclic amines) is 1. The van der Waals surface area contributed by atoms with Gasteiger partial charge < -0.3 is 15.3 Å². The van der Waals surface area contributed by atoms with E-state index in [1.165, 1.54) is 12.0 Å². The molecule has 1 saturated heterocycles. The van der Waals surface area contributed by atoms with Gasteiger partial charge in [-0.1, -0.05) is 30.3 Å². The summed E-state index contributed by atoms with van der Waals surface area (Å²) in [5.74, 6) is 1.43. The van der Waals surface area contributed by atoms with Crippen LogP contribution in [0.3, 0.4) is 0 Å². The fraction of sp³-hybridized carbons (Fsp3) is 0.455. The lowest BCUT2D eigenvalue weighted by atomic mass is 9.90. The summed E-state index contributed by atoms with van der Waals surface area (Å²) in [6.07, 6.45) is 6.07. The predicted octanol–water partition coefficient (Wildman–Crippen LogP) is 3.36. The molecule has 2 aromatic rings. The van der Waals surface area contributed by atoms with Crippen molar-refractivity contribution in [1.29, 1.82) is 0 Å². The Kier molecular flexibility index (Phi) is 6.82. The third-order valence-corrected chi connectivity index (χ3v) is 5.26. The number of carbonyl (C=O) groups is 1. The largest absolute Gasteiger partial charge is 0.394 e. The molecule has 0 radical (unpaired) electrons. The lowest BCUT2D eigenvalue weighted by molar-refractivity contribution is 0.0686. The van der Waals surface area contributed by atoms with Crippen LogP contribution in [0.5, 0.6) is 0 Å². The molecule has 1 aromatic carbocycles. The second-order valence-electron chi connectivity index (χ2n) is 7.42. The Morgan fingerprint density at radius 3 is 2.59 bits per heavy atom. The molecule has 2 N–H and O–H groups in total. The number of nitrogens with zero attached hydrogens (tertiary/aromatic N) is 2. The summed E-state index contributed by atoms with van der Waals surface area (Å²) in [4.78, 5) is 18.9. The molecule has 144 valence electrons. The van der Waals surface area contributed by atoms with Crippen molar-refractivity contribution in [3.63, 3.8) is 0 Å². The molecule has 1 fully saturated rings. The molecule has 1 aliphatic heterocycles. The SMILES string of the molecule is C[C@H](CO)Nc1ccc(C(=O)N2CCC(CCc3ccccc3)CC2)cn1. The summed E-state index contributed by atoms with van der Waals surface area (Å²) in [7, 11) is 0. The summed E-state index contributed by atoms with van der Waals surface area (Å²) in [6.45, 7) is 3.56. The number of carbonyl (C=O) groups excluding carboxylic acids is 1. The molecule has 27 heavy (non-hydrogen) atoms. The number of amides is 1. The van der Waals surface area contributed by atoms with Crippen molar-refractivity contribution < 1.29 is 9.90 Å². The zero-order valence-electron chi connectivity index (χ0n) is 16.0. The highest BCUT2D eigenvalue weighted by atomic mass is 16.3. The molecule has 5 nitrogen and oxygen atoms in total. The average molecular weight is 367 g/mol. The van der Waals surface area contributed by atoms with Gasteiger partial charge in [-0.2, -0.15) is 0 Å². The Balaban J connectivity index is 1.46. The van der Waals surface area contributed by atoms with Gasteiger partial charge in [-0.15, -0.1) is 0 Å². The van der Waals surface area contributed by atoms with Crippen LogP contribution in [-0.4, -0.2) is 46.6 Å². The zero-order valence-corrected chi connectivity index (χ0v) is 16.0. The van der Waals surface area contributed by atoms with E-state index in [-0.39, 0.29) is 18.6 Å². The number of benzene rings is 1. The normalized spacial score (nSPS) is 16.1. The molecule has 1 atom stereocenters. The summed E-state index contributed by atoms with van der Waals surface area (Å²) in [5.41, 5.74) is 2.02. The second kappa shape index (κ2) is 9.51. The molecular weight excluding hydrogens is 338 g/mol. The number of anilines is 1. The molecule has 2 heterocycles. The number of aryl methyl sites for hydroxylation is 1. The monoisotopic (exact) mass is 367 g/mol. The molecule has 1 aromatic heterocycles. The minimum absolute atomic E-state index is 0.0432. The number of piperidine rings is 1. The highest BCUT2D eigenvalue weighted by Crippen LogP contribution is 2.23. The van der Waals surface area contributed by atoms with Crippen LogP contribution in [-0.2, 0) is 6.42 Å². The Hall–Kier alpha value is -2.40. The van der Waals surface area contributed by atoms with Crippen LogP contribution in [0.1, 0.15) is 42.1 Å². The maximum Gasteiger partial charge on any atom is 0.255 e. The summed E-state index contributed by atoms with van der Waals surface area (Å²) in [6, 6.07) is 14.2. The van der Waals surface area contributed by atoms with Crippen LogP contribution < -0.4 is 5.32 Å². The molecule has 0 saturated carbocycles. The third kappa shape index (κ3) is 5.54. The van der Waals surface area contributed by atoms with Gasteiger partial charge >= 0.3 is 0 Å². The Morgan fingerprint density at radius 2 is 1.96 bits per heavy atom. The zero-order chi connectivity index (χ0) is 19.1. The summed E-state index contributed by atoms with van der Waals surface area (Å²) >= 11 is 0. The first-order valence-corrected chi connectivity index (χ1v) is 9.82. The Morgan fingerprint density at radius 1 is 1.22 bits per heavy atom. The third-order valence-electron chi connectivity index (χ3n) is 5.26. The molecule has 1 amide bonds. The summed E-state index contributed by atoms with van der Waals surface area (Å²) in [5, 5.41) is 12.2. The molecule has 3 rings (SSSR count). The molecule has 0 aliphatic carbocycles. The number of aliphatic hydroxyl groups is 1. The van der Waals surface area contributed by atoms with Crippen LogP contribution in [0.15, 0.2) is 48.7 Å². The lowest BCUT2D eigenvalue weighted by Crippen LogP contribution is -2.38. The number of nitrogens with one attached hydrogen (secondary N) is 1. The van der Waals surface area contributed by atoms with Crippen molar-refractivity contribution in [2.24, 2.45) is 5.92 Å². The van der Waals surface area contributed by atoms with Crippen LogP contribution in [0.2, 0.25) is 0 Å². The van der Waals surface area contributed by atoms with Gasteiger partial charge in [0.1, 0.15) is 5.82 Å². The number of pyridine rings is 1. The van der Waals surface area contributed by atoms with E-state index in [0.717, 1.165) is 32.4 Å². The molecule has 1 aliphatic rings. The number of hydrogen-bond donors (Lipinski definition) is 2. The van der Waals surface area contributed by atoms with Gasteiger partial charge in [0, 0.05) is 25.3 Å². The van der Waals surface area contributed by atoms with E-state index < -0.39 is 0 Å². The molecule has 0 spiro atoms. The first kappa shape index (κ1) is 19.4. The van der Waals surface area contributed by atoms with Crippen molar-refractivity contribution in [2.75, 3.05) is 25.0 Å². The molecule has 5 heteroatoms. The van der Waals surface area contributed by atoms with Gasteiger partial charge in [0.25, 0.3) is 5.91 Å². The van der Waals surface area contributed by atoms with E-state index in [9.17, 15) is 4.79 Å². The van der Waals surface area contributed by atoms with Gasteiger partial charge in [-0.25, -0.2) is 4.98 Å². The topological polar surface area (TPSA) is 65.5 Å². The van der Waals surface area contributed by atoms with E-state index in [2.05, 4.69) is 40.6 Å². The fourth-order valence-corrected chi connectivity index (χ4v) is 3.53. The van der Waals surface area contributed by atoms with Crippen molar-refractivity contribution in [3.8, 4) is 0 Å². The van der Waals surface area contributed by atoms with Crippen LogP contribution in [0.25, 0.3) is 0 Å². The van der Waals surface area contributed by atoms with Crippen molar-refractivity contribution >= 4 is 11.7 Å². The standard InChI is InChI=1S/C22H29N3O2/c1-17(16-26)24-21-10-9-20(15-23-21)22(27)25-13-11-19(12-14-25)8-7-18-5-3-2-4-6-18/h2-6,9-10,15,17,19,26H,7-8,11-14,16H2,1H3,(H,23,24)/t17-/m1/s1. The average Bonchev–Trinajstić information content (AvgIpc) is 2.73. The summed E-state index contributed by atoms with van der Waals surface area (Å²) < 4.78 is 0. The Labute approximate surface area is 161 Å². The first-order chi connectivity index (χ1) is 13.2. The van der Waals surface area contributed by atoms with E-state index in [4.69, 9.17) is 5.11 Å². The van der Waals surface area contributed by atoms with Crippen molar-refractivity contribution in [1.82, 2.24) is 9.88 Å². The molecule has 0 bridgehead atoms. The van der Waals surface area contributed by atoms with Crippen LogP contribution in [0, 0.1) is 5.92 Å². The van der Waals surface area contributed by atoms with Gasteiger partial charge in [0.05, 0.1) is 12.2 Å². The van der Waals surface area contributed by atoms with Crippen molar-refractivity contribution in [2.45, 2.75) is 38.6 Å². The lowest BCUT2D eigenvalue weighted by Gasteiger charge is -2.32. The maximum atomic E-state index is 12.7. The number of aliphatic hydroxyl groups excluding tert-OH is 1. The van der Waals surface area contributed by atoms with Gasteiger partial charge in [0.15, 0.2) is 0 Å². The van der Waals surface area contributed by atoms with E-state index >= 15 is 0 Å². The number of aromatic nitrogens is 1. The molecular formula is C22H29N3O2. The highest BCUT2D eigenvalue weighted by Gasteiger charge is 2.23. The molecule has 0 unspecified atom stereocenters.